The molecule has 1 aromatic heterocycles. The van der Waals surface area contributed by atoms with Gasteiger partial charge < -0.3 is 9.47 Å². The number of benzene rings is 2. The van der Waals surface area contributed by atoms with E-state index in [0.717, 1.165) is 22.9 Å². The van der Waals surface area contributed by atoms with Crippen LogP contribution in [0.4, 0.5) is 14.5 Å². The molecule has 0 N–H and O–H groups in total. The minimum atomic E-state index is -0.794. The molecule has 1 aliphatic heterocycles. The number of methoxy groups -OCH3 is 1. The molecular weight excluding hydrogens is 480 g/mol. The van der Waals surface area contributed by atoms with E-state index < -0.39 is 17.5 Å². The minimum Gasteiger partial charge on any atom is -0.493 e. The van der Waals surface area contributed by atoms with Gasteiger partial charge in [0, 0.05) is 0 Å². The van der Waals surface area contributed by atoms with Crippen molar-refractivity contribution in [3.05, 3.63) is 76.0 Å². The third kappa shape index (κ3) is 4.43. The first-order chi connectivity index (χ1) is 15.4. The summed E-state index contributed by atoms with van der Waals surface area (Å²) in [4.78, 5) is 21.6. The second-order valence-electron chi connectivity index (χ2n) is 6.27. The van der Waals surface area contributed by atoms with Gasteiger partial charge in [-0.3, -0.25) is 9.69 Å². The molecule has 1 fully saturated rings. The Morgan fingerprint density at radius 3 is 2.69 bits per heavy atom. The van der Waals surface area contributed by atoms with Crippen molar-refractivity contribution in [1.82, 2.24) is 9.97 Å². The second-order valence-corrected chi connectivity index (χ2v) is 8.29. The Kier molecular flexibility index (Phi) is 6.35. The Balaban J connectivity index is 1.62. The number of rotatable bonds is 5. The van der Waals surface area contributed by atoms with Gasteiger partial charge >= 0.3 is 0 Å². The molecule has 3 aromatic rings. The zero-order valence-electron chi connectivity index (χ0n) is 16.2. The highest BCUT2D eigenvalue weighted by Gasteiger charge is 2.34. The number of nitrogens with zero attached hydrogens (tertiary/aromatic N) is 3. The molecule has 0 unspecified atom stereocenters. The second kappa shape index (κ2) is 9.19. The Bertz CT molecular complexity index is 1270. The van der Waals surface area contributed by atoms with Crippen LogP contribution in [-0.4, -0.2) is 27.3 Å². The average molecular weight is 492 g/mol. The Labute approximate surface area is 195 Å². The smallest absolute Gasteiger partial charge is 0.270 e. The van der Waals surface area contributed by atoms with Crippen LogP contribution in [0.2, 0.25) is 5.28 Å². The number of para-hydroxylation sites is 1. The summed E-state index contributed by atoms with van der Waals surface area (Å²) in [7, 11) is 1.41. The number of carbonyl (C=O) groups excluding carboxylic acids is 1. The van der Waals surface area contributed by atoms with Crippen molar-refractivity contribution in [3.63, 3.8) is 0 Å². The lowest BCUT2D eigenvalue weighted by molar-refractivity contribution is -0.113. The summed E-state index contributed by atoms with van der Waals surface area (Å²) in [6.07, 6.45) is 2.48. The monoisotopic (exact) mass is 491 g/mol. The van der Waals surface area contributed by atoms with Gasteiger partial charge in [0.2, 0.25) is 11.1 Å². The maximum absolute atomic E-state index is 14.2. The van der Waals surface area contributed by atoms with E-state index in [9.17, 15) is 13.6 Å². The van der Waals surface area contributed by atoms with Crippen LogP contribution in [-0.2, 0) is 4.79 Å². The number of thiocarbonyl (C=S) groups is 1. The highest BCUT2D eigenvalue weighted by molar-refractivity contribution is 8.27. The summed E-state index contributed by atoms with van der Waals surface area (Å²) in [5.41, 5.74) is 0.676. The molecule has 0 atom stereocenters. The Morgan fingerprint density at radius 2 is 1.94 bits per heavy atom. The number of halogens is 3. The van der Waals surface area contributed by atoms with E-state index in [4.69, 9.17) is 33.3 Å². The normalized spacial score (nSPS) is 14.9. The molecule has 0 saturated carbocycles. The summed E-state index contributed by atoms with van der Waals surface area (Å²) in [5.74, 6) is -1.71. The number of hydrogen-bond acceptors (Lipinski definition) is 7. The first-order valence-electron chi connectivity index (χ1n) is 8.94. The number of anilines is 1. The molecule has 162 valence electrons. The molecule has 2 heterocycles. The Morgan fingerprint density at radius 1 is 1.16 bits per heavy atom. The van der Waals surface area contributed by atoms with E-state index in [0.29, 0.717) is 10.5 Å². The number of ether oxygens (including phenoxy) is 2. The van der Waals surface area contributed by atoms with Crippen LogP contribution < -0.4 is 14.4 Å². The van der Waals surface area contributed by atoms with Crippen LogP contribution in [0.5, 0.6) is 17.4 Å². The topological polar surface area (TPSA) is 64.5 Å². The molecule has 1 aliphatic rings. The molecule has 1 saturated heterocycles. The van der Waals surface area contributed by atoms with Crippen LogP contribution >= 0.6 is 35.6 Å². The first-order valence-corrected chi connectivity index (χ1v) is 10.5. The largest absolute Gasteiger partial charge is 0.493 e. The minimum absolute atomic E-state index is 0.0882. The molecule has 4 rings (SSSR count). The first kappa shape index (κ1) is 22.1. The van der Waals surface area contributed by atoms with Gasteiger partial charge in [-0.2, -0.15) is 9.37 Å². The summed E-state index contributed by atoms with van der Waals surface area (Å²) < 4.78 is 39.0. The highest BCUT2D eigenvalue weighted by Crippen LogP contribution is 2.38. The van der Waals surface area contributed by atoms with E-state index in [1.54, 1.807) is 24.3 Å². The molecule has 0 radical (unpaired) electrons. The van der Waals surface area contributed by atoms with Gasteiger partial charge in [-0.1, -0.05) is 42.2 Å². The average Bonchev–Trinajstić information content (AvgIpc) is 3.05. The summed E-state index contributed by atoms with van der Waals surface area (Å²) in [5, 5.41) is -0.172. The third-order valence-electron chi connectivity index (χ3n) is 4.26. The van der Waals surface area contributed by atoms with Crippen molar-refractivity contribution >= 4 is 57.6 Å². The molecule has 0 spiro atoms. The van der Waals surface area contributed by atoms with Gasteiger partial charge in [-0.05, 0) is 47.5 Å². The maximum Gasteiger partial charge on any atom is 0.270 e. The summed E-state index contributed by atoms with van der Waals surface area (Å²) in [6.45, 7) is 0. The van der Waals surface area contributed by atoms with Crippen molar-refractivity contribution in [2.75, 3.05) is 12.0 Å². The number of thioether (sulfide) groups is 1. The van der Waals surface area contributed by atoms with Crippen molar-refractivity contribution < 1.29 is 23.0 Å². The predicted molar refractivity (Wildman–Crippen MR) is 122 cm³/mol. The van der Waals surface area contributed by atoms with Gasteiger partial charge in [0.25, 0.3) is 11.8 Å². The number of hydrogen-bond donors (Lipinski definition) is 0. The van der Waals surface area contributed by atoms with E-state index in [2.05, 4.69) is 9.97 Å². The van der Waals surface area contributed by atoms with Crippen molar-refractivity contribution in [2.24, 2.45) is 0 Å². The molecule has 11 heteroatoms. The molecule has 6 nitrogen and oxygen atoms in total. The van der Waals surface area contributed by atoms with Crippen LogP contribution in [0.3, 0.4) is 0 Å². The van der Waals surface area contributed by atoms with Crippen LogP contribution in [0.15, 0.2) is 53.6 Å². The van der Waals surface area contributed by atoms with Gasteiger partial charge in [0.1, 0.15) is 5.82 Å². The zero-order valence-corrected chi connectivity index (χ0v) is 18.6. The van der Waals surface area contributed by atoms with Crippen molar-refractivity contribution in [2.45, 2.75) is 0 Å². The molecule has 32 heavy (non-hydrogen) atoms. The lowest BCUT2D eigenvalue weighted by Crippen LogP contribution is -2.28. The van der Waals surface area contributed by atoms with Crippen molar-refractivity contribution in [3.8, 4) is 17.4 Å². The molecular formula is C21H12ClF2N3O3S2. The van der Waals surface area contributed by atoms with E-state index >= 15 is 0 Å². The fraction of sp³-hybridized carbons (Fsp3) is 0.0476. The highest BCUT2D eigenvalue weighted by atomic mass is 35.5. The lowest BCUT2D eigenvalue weighted by Gasteiger charge is -2.14. The van der Waals surface area contributed by atoms with Crippen LogP contribution in [0.1, 0.15) is 5.56 Å². The van der Waals surface area contributed by atoms with Gasteiger partial charge in [0.15, 0.2) is 15.8 Å². The third-order valence-corrected chi connectivity index (χ3v) is 5.75. The number of carbonyl (C=O) groups is 1. The van der Waals surface area contributed by atoms with Crippen LogP contribution in [0.25, 0.3) is 6.08 Å². The quantitative estimate of drug-likeness (QED) is 0.261. The molecule has 0 aliphatic carbocycles. The SMILES string of the molecule is COc1cc(/C=C2/SC(=S)N(c3ccccc3F)C2=O)ccc1Oc1nc(Cl)ncc1F. The molecule has 0 bridgehead atoms. The summed E-state index contributed by atoms with van der Waals surface area (Å²) >= 11 is 12.0. The number of aromatic nitrogens is 2. The maximum atomic E-state index is 14.2. The Hall–Kier alpha value is -3.08. The summed E-state index contributed by atoms with van der Waals surface area (Å²) in [6, 6.07) is 10.6. The zero-order chi connectivity index (χ0) is 22.8. The fourth-order valence-corrected chi connectivity index (χ4v) is 4.24. The predicted octanol–water partition coefficient (Wildman–Crippen LogP) is 5.61. The van der Waals surface area contributed by atoms with E-state index in [1.165, 1.54) is 31.4 Å². The van der Waals surface area contributed by atoms with Crippen molar-refractivity contribution in [1.29, 1.82) is 0 Å². The van der Waals surface area contributed by atoms with Gasteiger partial charge in [-0.25, -0.2) is 9.37 Å². The fourth-order valence-electron chi connectivity index (χ4n) is 2.83. The van der Waals surface area contributed by atoms with Gasteiger partial charge in [0.05, 0.1) is 23.9 Å². The lowest BCUT2D eigenvalue weighted by atomic mass is 10.1. The molecule has 1 amide bonds. The van der Waals surface area contributed by atoms with E-state index in [1.807, 2.05) is 0 Å². The van der Waals surface area contributed by atoms with E-state index in [-0.39, 0.29) is 32.7 Å². The van der Waals surface area contributed by atoms with Gasteiger partial charge in [-0.15, -0.1) is 0 Å². The molecule has 2 aromatic carbocycles. The number of amides is 1. The van der Waals surface area contributed by atoms with Crippen LogP contribution in [0, 0.1) is 11.6 Å². The standard InChI is InChI=1S/C21H12ClF2N3O3S2/c1-29-16-8-11(6-7-15(16)30-18-13(24)10-25-20(22)26-18)9-17-19(28)27(21(31)32-17)14-5-3-2-4-12(14)23/h2-10H,1H3/b17-9+.